The predicted molar refractivity (Wildman–Crippen MR) is 69.8 cm³/mol. The van der Waals surface area contributed by atoms with Crippen LogP contribution in [0.5, 0.6) is 0 Å². The summed E-state index contributed by atoms with van der Waals surface area (Å²) in [5.41, 5.74) is 1.69. The molecular formula is C15H11ClO2. The van der Waals surface area contributed by atoms with Crippen LogP contribution >= 0.6 is 11.6 Å². The zero-order valence-electron chi connectivity index (χ0n) is 9.55. The molecule has 1 fully saturated rings. The highest BCUT2D eigenvalue weighted by atomic mass is 35.5. The largest absolute Gasteiger partial charge is 0.356 e. The van der Waals surface area contributed by atoms with Crippen LogP contribution in [0.3, 0.4) is 0 Å². The average Bonchev–Trinajstić information content (AvgIpc) is 3.20. The quantitative estimate of drug-likeness (QED) is 0.621. The van der Waals surface area contributed by atoms with Gasteiger partial charge in [-0.05, 0) is 29.8 Å². The molecule has 0 spiro atoms. The molecule has 2 aromatic carbocycles. The van der Waals surface area contributed by atoms with Crippen LogP contribution in [0, 0.1) is 0 Å². The van der Waals surface area contributed by atoms with Crippen LogP contribution in [0.2, 0.25) is 5.02 Å². The lowest BCUT2D eigenvalue weighted by molar-refractivity contribution is 0.0953. The molecule has 2 nitrogen and oxygen atoms in total. The third-order valence-electron chi connectivity index (χ3n) is 3.01. The Labute approximate surface area is 110 Å². The summed E-state index contributed by atoms with van der Waals surface area (Å²) in [7, 11) is 0. The standard InChI is InChI=1S/C15H11ClO2/c16-12-8-6-10(7-9-12)13(17)15-14(18-15)11-4-2-1-3-5-11/h1-9,14-15H/t14-,15+/m1/s1. The van der Waals surface area contributed by atoms with Crippen molar-refractivity contribution in [2.24, 2.45) is 0 Å². The molecule has 0 unspecified atom stereocenters. The minimum Gasteiger partial charge on any atom is -0.356 e. The minimum absolute atomic E-state index is 0.0144. The van der Waals surface area contributed by atoms with Gasteiger partial charge in [-0.15, -0.1) is 0 Å². The van der Waals surface area contributed by atoms with Crippen molar-refractivity contribution in [3.63, 3.8) is 0 Å². The van der Waals surface area contributed by atoms with Crippen molar-refractivity contribution in [1.82, 2.24) is 0 Å². The van der Waals surface area contributed by atoms with Gasteiger partial charge in [0.25, 0.3) is 0 Å². The van der Waals surface area contributed by atoms with Gasteiger partial charge in [-0.2, -0.15) is 0 Å². The lowest BCUT2D eigenvalue weighted by atomic mass is 10.0. The first-order chi connectivity index (χ1) is 8.75. The van der Waals surface area contributed by atoms with Crippen molar-refractivity contribution >= 4 is 17.4 Å². The maximum Gasteiger partial charge on any atom is 0.194 e. The van der Waals surface area contributed by atoms with Gasteiger partial charge in [0.1, 0.15) is 6.10 Å². The zero-order chi connectivity index (χ0) is 12.5. The fraction of sp³-hybridized carbons (Fsp3) is 0.133. The molecule has 2 atom stereocenters. The fourth-order valence-corrected chi connectivity index (χ4v) is 2.11. The number of halogens is 1. The second-order valence-electron chi connectivity index (χ2n) is 4.26. The normalized spacial score (nSPS) is 21.6. The van der Waals surface area contributed by atoms with E-state index in [-0.39, 0.29) is 18.0 Å². The number of carbonyl (C=O) groups excluding carboxylic acids is 1. The number of ketones is 1. The third-order valence-corrected chi connectivity index (χ3v) is 3.26. The molecule has 0 amide bonds. The van der Waals surface area contributed by atoms with E-state index < -0.39 is 0 Å². The molecule has 0 bridgehead atoms. The van der Waals surface area contributed by atoms with E-state index in [1.807, 2.05) is 30.3 Å². The molecule has 0 saturated carbocycles. The highest BCUT2D eigenvalue weighted by Crippen LogP contribution is 2.40. The molecule has 90 valence electrons. The van der Waals surface area contributed by atoms with Crippen molar-refractivity contribution in [2.45, 2.75) is 12.2 Å². The van der Waals surface area contributed by atoms with Crippen LogP contribution in [0.1, 0.15) is 22.0 Å². The number of hydrogen-bond acceptors (Lipinski definition) is 2. The Hall–Kier alpha value is -1.64. The smallest absolute Gasteiger partial charge is 0.194 e. The van der Waals surface area contributed by atoms with Gasteiger partial charge in [0.2, 0.25) is 0 Å². The van der Waals surface area contributed by atoms with Gasteiger partial charge in [0.05, 0.1) is 0 Å². The molecule has 0 radical (unpaired) electrons. The number of carbonyl (C=O) groups is 1. The lowest BCUT2D eigenvalue weighted by Crippen LogP contribution is -2.07. The van der Waals surface area contributed by atoms with Crippen LogP contribution in [0.15, 0.2) is 54.6 Å². The van der Waals surface area contributed by atoms with Gasteiger partial charge < -0.3 is 4.74 Å². The number of hydrogen-bond donors (Lipinski definition) is 0. The van der Waals surface area contributed by atoms with Crippen LogP contribution < -0.4 is 0 Å². The lowest BCUT2D eigenvalue weighted by Gasteiger charge is -1.98. The Kier molecular flexibility index (Phi) is 2.90. The summed E-state index contributed by atoms with van der Waals surface area (Å²) >= 11 is 5.79. The molecular weight excluding hydrogens is 248 g/mol. The van der Waals surface area contributed by atoms with E-state index in [2.05, 4.69) is 0 Å². The SMILES string of the molecule is O=C(c1ccc(Cl)cc1)[C@@H]1O[C@@H]1c1ccccc1. The number of benzene rings is 2. The Morgan fingerprint density at radius 2 is 1.67 bits per heavy atom. The van der Waals surface area contributed by atoms with Crippen molar-refractivity contribution in [1.29, 1.82) is 0 Å². The summed E-state index contributed by atoms with van der Waals surface area (Å²) in [6.45, 7) is 0. The summed E-state index contributed by atoms with van der Waals surface area (Å²) in [6, 6.07) is 16.7. The van der Waals surface area contributed by atoms with Gasteiger partial charge in [-0.25, -0.2) is 0 Å². The molecule has 18 heavy (non-hydrogen) atoms. The van der Waals surface area contributed by atoms with E-state index in [0.717, 1.165) is 5.56 Å². The Morgan fingerprint density at radius 3 is 2.33 bits per heavy atom. The van der Waals surface area contributed by atoms with Crippen LogP contribution in [0.4, 0.5) is 0 Å². The van der Waals surface area contributed by atoms with E-state index in [1.165, 1.54) is 0 Å². The maximum absolute atomic E-state index is 12.1. The summed E-state index contributed by atoms with van der Waals surface area (Å²) in [5, 5.41) is 0.628. The van der Waals surface area contributed by atoms with Crippen LogP contribution in [-0.4, -0.2) is 11.9 Å². The molecule has 0 aliphatic carbocycles. The molecule has 3 heteroatoms. The second kappa shape index (κ2) is 4.56. The van der Waals surface area contributed by atoms with Crippen LogP contribution in [-0.2, 0) is 4.74 Å². The van der Waals surface area contributed by atoms with Gasteiger partial charge >= 0.3 is 0 Å². The monoisotopic (exact) mass is 258 g/mol. The summed E-state index contributed by atoms with van der Waals surface area (Å²) in [6.07, 6.45) is -0.456. The van der Waals surface area contributed by atoms with Gasteiger partial charge in [0.15, 0.2) is 11.9 Å². The zero-order valence-corrected chi connectivity index (χ0v) is 10.3. The first-order valence-electron chi connectivity index (χ1n) is 5.76. The summed E-state index contributed by atoms with van der Waals surface area (Å²) in [4.78, 5) is 12.1. The first-order valence-corrected chi connectivity index (χ1v) is 6.14. The summed E-state index contributed by atoms with van der Waals surface area (Å²) in [5.74, 6) is 0.0144. The molecule has 1 aliphatic heterocycles. The molecule has 1 aliphatic rings. The first kappa shape index (κ1) is 11.5. The van der Waals surface area contributed by atoms with Crippen LogP contribution in [0.25, 0.3) is 0 Å². The van der Waals surface area contributed by atoms with E-state index >= 15 is 0 Å². The third kappa shape index (κ3) is 2.17. The highest BCUT2D eigenvalue weighted by Gasteiger charge is 2.45. The highest BCUT2D eigenvalue weighted by molar-refractivity contribution is 6.30. The van der Waals surface area contributed by atoms with E-state index in [1.54, 1.807) is 24.3 Å². The van der Waals surface area contributed by atoms with E-state index in [4.69, 9.17) is 16.3 Å². The maximum atomic E-state index is 12.1. The molecule has 0 aromatic heterocycles. The molecule has 0 N–H and O–H groups in total. The minimum atomic E-state index is -0.353. The van der Waals surface area contributed by atoms with E-state index in [0.29, 0.717) is 10.6 Å². The second-order valence-corrected chi connectivity index (χ2v) is 4.70. The van der Waals surface area contributed by atoms with Crippen molar-refractivity contribution in [3.05, 3.63) is 70.7 Å². The number of rotatable bonds is 3. The average molecular weight is 259 g/mol. The summed E-state index contributed by atoms with van der Waals surface area (Å²) < 4.78 is 5.47. The van der Waals surface area contributed by atoms with E-state index in [9.17, 15) is 4.79 Å². The Bertz CT molecular complexity index is 563. The Balaban J connectivity index is 1.75. The van der Waals surface area contributed by atoms with Gasteiger partial charge in [-0.3, -0.25) is 4.79 Å². The van der Waals surface area contributed by atoms with Gasteiger partial charge in [0, 0.05) is 10.6 Å². The number of epoxide rings is 1. The Morgan fingerprint density at radius 1 is 1.00 bits per heavy atom. The van der Waals surface area contributed by atoms with Gasteiger partial charge in [-0.1, -0.05) is 41.9 Å². The van der Waals surface area contributed by atoms with Crippen molar-refractivity contribution in [3.8, 4) is 0 Å². The predicted octanol–water partition coefficient (Wildman–Crippen LogP) is 3.66. The fourth-order valence-electron chi connectivity index (χ4n) is 1.99. The van der Waals surface area contributed by atoms with Crippen molar-refractivity contribution < 1.29 is 9.53 Å². The topological polar surface area (TPSA) is 29.6 Å². The molecule has 1 heterocycles. The molecule has 1 saturated heterocycles. The molecule has 2 aromatic rings. The number of ether oxygens (including phenoxy) is 1. The number of Topliss-reactive ketones (excluding diaryl/α,β-unsaturated/α-hetero) is 1. The molecule has 3 rings (SSSR count). The van der Waals surface area contributed by atoms with Crippen molar-refractivity contribution in [2.75, 3.05) is 0 Å².